The van der Waals surface area contributed by atoms with Crippen LogP contribution in [0.25, 0.3) is 11.1 Å². The molecule has 29 heavy (non-hydrogen) atoms. The Kier molecular flexibility index (Phi) is 6.29. The van der Waals surface area contributed by atoms with E-state index in [1.165, 1.54) is 0 Å². The molecule has 0 amide bonds. The Labute approximate surface area is 174 Å². The van der Waals surface area contributed by atoms with Crippen molar-refractivity contribution in [2.45, 2.75) is 31.3 Å². The van der Waals surface area contributed by atoms with Gasteiger partial charge in [-0.2, -0.15) is 0 Å². The lowest BCUT2D eigenvalue weighted by Crippen LogP contribution is -2.48. The molecule has 2 N–H and O–H groups in total. The van der Waals surface area contributed by atoms with Crippen molar-refractivity contribution in [2.24, 2.45) is 5.41 Å². The molecular formula is C20H22ClF3N2O2S. The summed E-state index contributed by atoms with van der Waals surface area (Å²) in [5.74, 6) is -1.09. The molecule has 9 heteroatoms. The maximum Gasteiger partial charge on any atom is 0.241 e. The highest BCUT2D eigenvalue weighted by atomic mass is 35.5. The second-order valence-corrected chi connectivity index (χ2v) is 9.35. The molecule has 4 nitrogen and oxygen atoms in total. The fourth-order valence-electron chi connectivity index (χ4n) is 4.12. The van der Waals surface area contributed by atoms with Crippen molar-refractivity contribution >= 4 is 22.4 Å². The minimum absolute atomic E-state index is 0. The first-order chi connectivity index (χ1) is 13.3. The summed E-state index contributed by atoms with van der Waals surface area (Å²) in [5.41, 5.74) is 0.626. The minimum atomic E-state index is -4.05. The van der Waals surface area contributed by atoms with E-state index in [1.54, 1.807) is 30.3 Å². The molecule has 0 bridgehead atoms. The highest BCUT2D eigenvalue weighted by Gasteiger charge is 2.57. The summed E-state index contributed by atoms with van der Waals surface area (Å²) in [5, 5.41) is 3.22. The molecule has 158 valence electrons. The molecular weight excluding hydrogens is 425 g/mol. The quantitative estimate of drug-likeness (QED) is 0.713. The van der Waals surface area contributed by atoms with Crippen molar-refractivity contribution in [1.82, 2.24) is 10.0 Å². The van der Waals surface area contributed by atoms with Crippen molar-refractivity contribution in [3.05, 3.63) is 59.7 Å². The second-order valence-electron chi connectivity index (χ2n) is 7.67. The van der Waals surface area contributed by atoms with Crippen LogP contribution in [-0.2, 0) is 16.4 Å². The lowest BCUT2D eigenvalue weighted by atomic mass is 9.91. The Morgan fingerprint density at radius 2 is 1.83 bits per heavy atom. The molecule has 2 aromatic rings. The van der Waals surface area contributed by atoms with E-state index >= 15 is 4.39 Å². The van der Waals surface area contributed by atoms with E-state index in [0.29, 0.717) is 12.1 Å². The van der Waals surface area contributed by atoms with E-state index in [-0.39, 0.29) is 35.4 Å². The molecule has 1 saturated carbocycles. The van der Waals surface area contributed by atoms with Gasteiger partial charge in [-0.15, -0.1) is 12.4 Å². The Morgan fingerprint density at radius 3 is 2.45 bits per heavy atom. The van der Waals surface area contributed by atoms with E-state index in [2.05, 4.69) is 10.0 Å². The van der Waals surface area contributed by atoms with Crippen molar-refractivity contribution in [2.75, 3.05) is 12.6 Å². The Bertz CT molecular complexity index is 985. The van der Waals surface area contributed by atoms with E-state index in [9.17, 15) is 17.2 Å². The van der Waals surface area contributed by atoms with Crippen LogP contribution in [0.15, 0.2) is 42.5 Å². The van der Waals surface area contributed by atoms with Gasteiger partial charge in [0.15, 0.2) is 0 Å². The first-order valence-electron chi connectivity index (χ1n) is 9.16. The predicted octanol–water partition coefficient (Wildman–Crippen LogP) is 3.56. The van der Waals surface area contributed by atoms with Crippen LogP contribution in [0, 0.1) is 17.0 Å². The van der Waals surface area contributed by atoms with Gasteiger partial charge < -0.3 is 5.32 Å². The molecule has 1 aliphatic heterocycles. The van der Waals surface area contributed by atoms with Gasteiger partial charge in [-0.1, -0.05) is 30.3 Å². The SMILES string of the molecule is Cl.O=S(=O)(CF)N[C@@H]1[C@H](Cc2cc(F)cc(-c3ccccc3)c2F)NCC12CC2. The van der Waals surface area contributed by atoms with Crippen molar-refractivity contribution in [1.29, 1.82) is 0 Å². The highest BCUT2D eigenvalue weighted by Crippen LogP contribution is 2.52. The monoisotopic (exact) mass is 446 g/mol. The third-order valence-corrected chi connectivity index (χ3v) is 6.66. The molecule has 1 spiro atoms. The van der Waals surface area contributed by atoms with Crippen LogP contribution in [0.3, 0.4) is 0 Å². The van der Waals surface area contributed by atoms with Crippen LogP contribution in [0.5, 0.6) is 0 Å². The van der Waals surface area contributed by atoms with Gasteiger partial charge in [0, 0.05) is 29.6 Å². The van der Waals surface area contributed by atoms with Gasteiger partial charge in [0.1, 0.15) is 11.6 Å². The van der Waals surface area contributed by atoms with Gasteiger partial charge in [-0.05, 0) is 42.5 Å². The smallest absolute Gasteiger partial charge is 0.241 e. The number of rotatable bonds is 6. The van der Waals surface area contributed by atoms with Crippen LogP contribution in [0.4, 0.5) is 13.2 Å². The average molecular weight is 447 g/mol. The zero-order valence-corrected chi connectivity index (χ0v) is 17.1. The van der Waals surface area contributed by atoms with Gasteiger partial charge in [0.2, 0.25) is 16.0 Å². The summed E-state index contributed by atoms with van der Waals surface area (Å²) in [4.78, 5) is 0. The number of sulfonamides is 1. The number of nitrogens with one attached hydrogen (secondary N) is 2. The standard InChI is InChI=1S/C20H21F3N2O2S.ClH/c21-12-28(26,27)25-19-17(24-11-20(19)6-7-20)9-14-8-15(22)10-16(18(14)23)13-4-2-1-3-5-13;/h1-5,8,10,17,19,24-25H,6-7,9,11-12H2;1H/t17-,19+;/m0./s1. The molecule has 0 radical (unpaired) electrons. The maximum atomic E-state index is 15.1. The normalized spacial score (nSPS) is 22.4. The maximum absolute atomic E-state index is 15.1. The minimum Gasteiger partial charge on any atom is -0.311 e. The zero-order chi connectivity index (χ0) is 19.9. The zero-order valence-electron chi connectivity index (χ0n) is 15.5. The van der Waals surface area contributed by atoms with Crippen molar-refractivity contribution < 1.29 is 21.6 Å². The topological polar surface area (TPSA) is 58.2 Å². The molecule has 2 aromatic carbocycles. The predicted molar refractivity (Wildman–Crippen MR) is 108 cm³/mol. The summed E-state index contributed by atoms with van der Waals surface area (Å²) in [7, 11) is -4.05. The summed E-state index contributed by atoms with van der Waals surface area (Å²) in [6, 6.07) is 8.50. The largest absolute Gasteiger partial charge is 0.311 e. The lowest BCUT2D eigenvalue weighted by Gasteiger charge is -2.25. The molecule has 0 aromatic heterocycles. The number of alkyl halides is 1. The van der Waals surface area contributed by atoms with Crippen LogP contribution in [0.1, 0.15) is 18.4 Å². The molecule has 1 saturated heterocycles. The van der Waals surface area contributed by atoms with Crippen LogP contribution in [-0.4, -0.2) is 33.1 Å². The van der Waals surface area contributed by atoms with E-state index in [4.69, 9.17) is 0 Å². The van der Waals surface area contributed by atoms with Gasteiger partial charge >= 0.3 is 0 Å². The van der Waals surface area contributed by atoms with E-state index in [1.807, 2.05) is 0 Å². The molecule has 4 rings (SSSR count). The molecule has 2 aliphatic rings. The summed E-state index contributed by atoms with van der Waals surface area (Å²) >= 11 is 0. The van der Waals surface area contributed by atoms with Crippen molar-refractivity contribution in [3.63, 3.8) is 0 Å². The van der Waals surface area contributed by atoms with E-state index in [0.717, 1.165) is 25.0 Å². The van der Waals surface area contributed by atoms with Crippen LogP contribution >= 0.6 is 12.4 Å². The Hall–Kier alpha value is -1.61. The highest BCUT2D eigenvalue weighted by molar-refractivity contribution is 7.89. The Balaban J connectivity index is 0.00000240. The van der Waals surface area contributed by atoms with Crippen LogP contribution in [0.2, 0.25) is 0 Å². The van der Waals surface area contributed by atoms with Crippen molar-refractivity contribution in [3.8, 4) is 11.1 Å². The molecule has 1 heterocycles. The summed E-state index contributed by atoms with van der Waals surface area (Å²) < 4.78 is 68.2. The number of hydrogen-bond donors (Lipinski definition) is 2. The van der Waals surface area contributed by atoms with Gasteiger partial charge in [-0.3, -0.25) is 0 Å². The first kappa shape index (κ1) is 22.1. The lowest BCUT2D eigenvalue weighted by molar-refractivity contribution is 0.400. The Morgan fingerprint density at radius 1 is 1.14 bits per heavy atom. The number of hydrogen-bond acceptors (Lipinski definition) is 3. The third-order valence-electron chi connectivity index (χ3n) is 5.76. The van der Waals surface area contributed by atoms with Gasteiger partial charge in [0.05, 0.1) is 0 Å². The molecule has 2 atom stereocenters. The summed E-state index contributed by atoms with van der Waals surface area (Å²) in [6.07, 6.45) is 1.73. The van der Waals surface area contributed by atoms with E-state index < -0.39 is 39.7 Å². The second kappa shape index (κ2) is 8.26. The summed E-state index contributed by atoms with van der Waals surface area (Å²) in [6.45, 7) is 0.569. The first-order valence-corrected chi connectivity index (χ1v) is 10.8. The fraction of sp³-hybridized carbons (Fsp3) is 0.400. The van der Waals surface area contributed by atoms with Gasteiger partial charge in [-0.25, -0.2) is 26.3 Å². The molecule has 0 unspecified atom stereocenters. The number of benzene rings is 2. The van der Waals surface area contributed by atoms with Gasteiger partial charge in [0.25, 0.3) is 0 Å². The third kappa shape index (κ3) is 4.45. The fourth-order valence-corrected chi connectivity index (χ4v) is 4.98. The average Bonchev–Trinajstić information content (AvgIpc) is 3.40. The molecule has 2 fully saturated rings. The van der Waals surface area contributed by atoms with Crippen LogP contribution < -0.4 is 10.0 Å². The molecule has 1 aliphatic carbocycles. The number of halogens is 4.